The normalized spacial score (nSPS) is 11.5. The van der Waals surface area contributed by atoms with Crippen LogP contribution in [-0.4, -0.2) is 34.7 Å². The zero-order chi connectivity index (χ0) is 20.0. The van der Waals surface area contributed by atoms with E-state index in [-0.39, 0.29) is 30.5 Å². The van der Waals surface area contributed by atoms with E-state index in [2.05, 4.69) is 5.32 Å². The molecular weight excluding hydrogens is 346 g/mol. The molecule has 0 aliphatic carbocycles. The van der Waals surface area contributed by atoms with Gasteiger partial charge in [-0.3, -0.25) is 19.7 Å². The molecule has 0 saturated carbocycles. The molecule has 27 heavy (non-hydrogen) atoms. The van der Waals surface area contributed by atoms with Crippen molar-refractivity contribution in [1.82, 2.24) is 10.2 Å². The van der Waals surface area contributed by atoms with Gasteiger partial charge in [-0.2, -0.15) is 0 Å². The average molecular weight is 369 g/mol. The van der Waals surface area contributed by atoms with Crippen LogP contribution in [0.5, 0.6) is 0 Å². The molecule has 7 heteroatoms. The van der Waals surface area contributed by atoms with Crippen LogP contribution < -0.4 is 5.32 Å². The number of likely N-dealkylation sites (N-methyl/N-ethyl adjacent to an activating group) is 1. The third-order valence-corrected chi connectivity index (χ3v) is 4.38. The lowest BCUT2D eigenvalue weighted by atomic mass is 10.1. The highest BCUT2D eigenvalue weighted by molar-refractivity contribution is 5.88. The Balaban J connectivity index is 2.31. The predicted octanol–water partition coefficient (Wildman–Crippen LogP) is 2.61. The minimum absolute atomic E-state index is 0.103. The molecule has 0 heterocycles. The molecule has 2 amide bonds. The Labute approximate surface area is 158 Å². The summed E-state index contributed by atoms with van der Waals surface area (Å²) in [5.74, 6) is -0.638. The second-order valence-corrected chi connectivity index (χ2v) is 6.36. The number of nitro benzene ring substituents is 1. The molecule has 142 valence electrons. The van der Waals surface area contributed by atoms with Gasteiger partial charge >= 0.3 is 0 Å². The smallest absolute Gasteiger partial charge is 0.273 e. The lowest BCUT2D eigenvalue weighted by Gasteiger charge is -2.28. The molecule has 0 spiro atoms. The first kappa shape index (κ1) is 20.1. The van der Waals surface area contributed by atoms with Crippen molar-refractivity contribution in [2.45, 2.75) is 32.9 Å². The molecule has 0 saturated heterocycles. The van der Waals surface area contributed by atoms with Gasteiger partial charge in [-0.25, -0.2) is 0 Å². The summed E-state index contributed by atoms with van der Waals surface area (Å²) in [5, 5.41) is 13.8. The Morgan fingerprint density at radius 2 is 1.89 bits per heavy atom. The van der Waals surface area contributed by atoms with Crippen molar-refractivity contribution in [2.24, 2.45) is 0 Å². The number of nitrogens with zero attached hydrogens (tertiary/aromatic N) is 2. The first-order valence-electron chi connectivity index (χ1n) is 8.62. The highest BCUT2D eigenvalue weighted by atomic mass is 16.6. The van der Waals surface area contributed by atoms with Crippen LogP contribution in [0.1, 0.15) is 23.6 Å². The Kier molecular flexibility index (Phi) is 6.65. The average Bonchev–Trinajstić information content (AvgIpc) is 2.65. The number of nitrogens with one attached hydrogen (secondary N) is 1. The minimum atomic E-state index is -0.703. The zero-order valence-electron chi connectivity index (χ0n) is 15.6. The van der Waals surface area contributed by atoms with Crippen LogP contribution in [-0.2, 0) is 22.6 Å². The van der Waals surface area contributed by atoms with Gasteiger partial charge in [-0.15, -0.1) is 0 Å². The molecule has 7 nitrogen and oxygen atoms in total. The number of hydrogen-bond acceptors (Lipinski definition) is 4. The zero-order valence-corrected chi connectivity index (χ0v) is 15.6. The third-order valence-electron chi connectivity index (χ3n) is 4.38. The molecule has 0 aromatic heterocycles. The lowest BCUT2D eigenvalue weighted by molar-refractivity contribution is -0.385. The fraction of sp³-hybridized carbons (Fsp3) is 0.300. The van der Waals surface area contributed by atoms with E-state index in [0.717, 1.165) is 11.1 Å². The van der Waals surface area contributed by atoms with Gasteiger partial charge in [0.25, 0.3) is 5.69 Å². The Morgan fingerprint density at radius 1 is 1.19 bits per heavy atom. The van der Waals surface area contributed by atoms with E-state index < -0.39 is 11.0 Å². The summed E-state index contributed by atoms with van der Waals surface area (Å²) in [6.07, 6.45) is -0.149. The molecule has 0 radical (unpaired) electrons. The number of nitro groups is 1. The van der Waals surface area contributed by atoms with Crippen molar-refractivity contribution in [1.29, 1.82) is 0 Å². The van der Waals surface area contributed by atoms with Crippen molar-refractivity contribution in [3.8, 4) is 0 Å². The van der Waals surface area contributed by atoms with Crippen molar-refractivity contribution >= 4 is 17.5 Å². The minimum Gasteiger partial charge on any atom is -0.357 e. The van der Waals surface area contributed by atoms with Gasteiger partial charge in [-0.1, -0.05) is 48.0 Å². The number of carbonyl (C=O) groups is 2. The maximum atomic E-state index is 13.0. The number of amides is 2. The summed E-state index contributed by atoms with van der Waals surface area (Å²) in [6, 6.07) is 13.1. The number of carbonyl (C=O) groups excluding carboxylic acids is 2. The van der Waals surface area contributed by atoms with E-state index >= 15 is 0 Å². The largest absolute Gasteiger partial charge is 0.357 e. The van der Waals surface area contributed by atoms with E-state index in [1.54, 1.807) is 25.1 Å². The van der Waals surface area contributed by atoms with Crippen LogP contribution in [0.25, 0.3) is 0 Å². The Bertz CT molecular complexity index is 851. The van der Waals surface area contributed by atoms with Crippen molar-refractivity contribution < 1.29 is 14.5 Å². The van der Waals surface area contributed by atoms with Crippen LogP contribution in [0, 0.1) is 17.0 Å². The summed E-state index contributed by atoms with van der Waals surface area (Å²) in [7, 11) is 1.51. The summed E-state index contributed by atoms with van der Waals surface area (Å²) in [6.45, 7) is 3.84. The first-order valence-corrected chi connectivity index (χ1v) is 8.62. The second-order valence-electron chi connectivity index (χ2n) is 6.36. The SMILES string of the molecule is CNC(=O)[C@H](C)N(Cc1cccc(C)c1)C(=O)Cc1ccccc1[N+](=O)[O-]. The second kappa shape index (κ2) is 8.93. The number of hydrogen-bond donors (Lipinski definition) is 1. The van der Waals surface area contributed by atoms with Crippen LogP contribution in [0.3, 0.4) is 0 Å². The molecule has 0 aliphatic rings. The highest BCUT2D eigenvalue weighted by Gasteiger charge is 2.27. The van der Waals surface area contributed by atoms with Gasteiger partial charge in [0.05, 0.1) is 11.3 Å². The van der Waals surface area contributed by atoms with Gasteiger partial charge in [-0.05, 0) is 19.4 Å². The maximum absolute atomic E-state index is 13.0. The standard InChI is InChI=1S/C20H23N3O4/c1-14-7-6-8-16(11-14)13-22(15(2)20(25)21-3)19(24)12-17-9-4-5-10-18(17)23(26)27/h4-11,15H,12-13H2,1-3H3,(H,21,25)/t15-/m0/s1. The Morgan fingerprint density at radius 3 is 2.52 bits per heavy atom. The fourth-order valence-electron chi connectivity index (χ4n) is 2.90. The molecule has 0 fully saturated rings. The highest BCUT2D eigenvalue weighted by Crippen LogP contribution is 2.20. The molecule has 1 N–H and O–H groups in total. The van der Waals surface area contributed by atoms with Crippen LogP contribution in [0.4, 0.5) is 5.69 Å². The summed E-state index contributed by atoms with van der Waals surface area (Å²) in [4.78, 5) is 37.2. The molecule has 2 rings (SSSR count). The van der Waals surface area contributed by atoms with Crippen LogP contribution in [0.2, 0.25) is 0 Å². The van der Waals surface area contributed by atoms with Crippen molar-refractivity contribution in [3.05, 3.63) is 75.3 Å². The van der Waals surface area contributed by atoms with E-state index in [9.17, 15) is 19.7 Å². The molecule has 2 aromatic rings. The van der Waals surface area contributed by atoms with Gasteiger partial charge in [0.2, 0.25) is 11.8 Å². The molecule has 0 aliphatic heterocycles. The molecule has 0 bridgehead atoms. The Hall–Kier alpha value is -3.22. The third kappa shape index (κ3) is 5.13. The van der Waals surface area contributed by atoms with E-state index in [0.29, 0.717) is 5.56 Å². The lowest BCUT2D eigenvalue weighted by Crippen LogP contribution is -2.47. The van der Waals surface area contributed by atoms with E-state index in [1.165, 1.54) is 18.0 Å². The van der Waals surface area contributed by atoms with E-state index in [4.69, 9.17) is 0 Å². The predicted molar refractivity (Wildman–Crippen MR) is 102 cm³/mol. The molecule has 0 unspecified atom stereocenters. The first-order chi connectivity index (χ1) is 12.8. The summed E-state index contributed by atoms with van der Waals surface area (Å²) in [5.41, 5.74) is 2.16. The summed E-state index contributed by atoms with van der Waals surface area (Å²) < 4.78 is 0. The van der Waals surface area contributed by atoms with Gasteiger partial charge in [0, 0.05) is 25.2 Å². The van der Waals surface area contributed by atoms with E-state index in [1.807, 2.05) is 31.2 Å². The number of aryl methyl sites for hydroxylation is 1. The van der Waals surface area contributed by atoms with Gasteiger partial charge in [0.1, 0.15) is 6.04 Å². The number of para-hydroxylation sites is 1. The number of benzene rings is 2. The topological polar surface area (TPSA) is 92.6 Å². The molecule has 1 atom stereocenters. The van der Waals surface area contributed by atoms with Crippen LogP contribution in [0.15, 0.2) is 48.5 Å². The maximum Gasteiger partial charge on any atom is 0.273 e. The fourth-order valence-corrected chi connectivity index (χ4v) is 2.90. The molecular formula is C20H23N3O4. The van der Waals surface area contributed by atoms with Crippen LogP contribution >= 0.6 is 0 Å². The van der Waals surface area contributed by atoms with Gasteiger partial charge < -0.3 is 10.2 Å². The van der Waals surface area contributed by atoms with Crippen molar-refractivity contribution in [2.75, 3.05) is 7.05 Å². The summed E-state index contributed by atoms with van der Waals surface area (Å²) >= 11 is 0. The number of rotatable bonds is 7. The monoisotopic (exact) mass is 369 g/mol. The molecule has 2 aromatic carbocycles. The van der Waals surface area contributed by atoms with Crippen molar-refractivity contribution in [3.63, 3.8) is 0 Å². The van der Waals surface area contributed by atoms with Gasteiger partial charge in [0.15, 0.2) is 0 Å². The quantitative estimate of drug-likeness (QED) is 0.600.